The van der Waals surface area contributed by atoms with Crippen LogP contribution in [0.15, 0.2) is 66.7 Å². The van der Waals surface area contributed by atoms with Crippen molar-refractivity contribution in [3.8, 4) is 5.75 Å². The van der Waals surface area contributed by atoms with Crippen molar-refractivity contribution in [1.82, 2.24) is 57.7 Å². The number of hydrogen-bond donors (Lipinski definition) is 16. The predicted molar refractivity (Wildman–Crippen MR) is 314 cm³/mol. The van der Waals surface area contributed by atoms with Crippen LogP contribution in [0.25, 0.3) is 10.8 Å². The highest BCUT2D eigenvalue weighted by molar-refractivity contribution is 5.98. The van der Waals surface area contributed by atoms with Gasteiger partial charge in [-0.1, -0.05) is 68.4 Å². The maximum Gasteiger partial charge on any atom is 0.326 e. The van der Waals surface area contributed by atoms with Crippen LogP contribution in [0.4, 0.5) is 0 Å². The molecule has 7 atom stereocenters. The van der Waals surface area contributed by atoms with Crippen molar-refractivity contribution in [2.45, 2.75) is 133 Å². The molecule has 462 valence electrons. The normalized spacial score (nSPS) is 17.3. The van der Waals surface area contributed by atoms with E-state index >= 15 is 0 Å². The molecule has 0 unspecified atom stereocenters. The van der Waals surface area contributed by atoms with Gasteiger partial charge in [-0.2, -0.15) is 0 Å². The summed E-state index contributed by atoms with van der Waals surface area (Å²) in [7, 11) is 0. The molecule has 2 saturated heterocycles. The molecule has 3 aromatic rings. The Labute approximate surface area is 492 Å². The van der Waals surface area contributed by atoms with E-state index in [1.54, 1.807) is 13.8 Å². The van der Waals surface area contributed by atoms with Gasteiger partial charge in [0.15, 0.2) is 11.9 Å². The second-order valence-corrected chi connectivity index (χ2v) is 21.7. The maximum absolute atomic E-state index is 14.5. The van der Waals surface area contributed by atoms with Crippen LogP contribution in [0.5, 0.6) is 5.75 Å². The van der Waals surface area contributed by atoms with E-state index in [0.29, 0.717) is 24.0 Å². The number of nitrogens with two attached hydrogens (primary N) is 3. The first kappa shape index (κ1) is 66.7. The summed E-state index contributed by atoms with van der Waals surface area (Å²) in [5.41, 5.74) is 16.1. The van der Waals surface area contributed by atoms with Gasteiger partial charge < -0.3 is 85.1 Å². The Morgan fingerprint density at radius 3 is 1.87 bits per heavy atom. The van der Waals surface area contributed by atoms with Crippen molar-refractivity contribution in [2.75, 3.05) is 45.8 Å². The van der Waals surface area contributed by atoms with Gasteiger partial charge in [-0.25, -0.2) is 4.79 Å². The summed E-state index contributed by atoms with van der Waals surface area (Å²) < 4.78 is 0. The number of nitrogens with one attached hydrogen (secondary N) is 11. The number of benzene rings is 3. The lowest BCUT2D eigenvalue weighted by atomic mass is 9.95. The number of carbonyl (C=O) groups is 10. The van der Waals surface area contributed by atoms with Crippen LogP contribution in [0.3, 0.4) is 0 Å². The van der Waals surface area contributed by atoms with Crippen LogP contribution in [0.1, 0.15) is 89.7 Å². The first-order valence-corrected chi connectivity index (χ1v) is 28.4. The quantitative estimate of drug-likeness (QED) is 0.0188. The molecule has 19 N–H and O–H groups in total. The lowest BCUT2D eigenvalue weighted by Crippen LogP contribution is -2.62. The van der Waals surface area contributed by atoms with Gasteiger partial charge in [0.05, 0.1) is 13.1 Å². The smallest absolute Gasteiger partial charge is 0.326 e. The van der Waals surface area contributed by atoms with Gasteiger partial charge in [-0.05, 0) is 98.2 Å². The number of amides is 9. The zero-order chi connectivity index (χ0) is 62.4. The summed E-state index contributed by atoms with van der Waals surface area (Å²) in [6.45, 7) is 4.41. The minimum atomic E-state index is -1.45. The third kappa shape index (κ3) is 20.1. The summed E-state index contributed by atoms with van der Waals surface area (Å²) in [5.74, 6) is -8.62. The highest BCUT2D eigenvalue weighted by Crippen LogP contribution is 2.30. The van der Waals surface area contributed by atoms with E-state index in [9.17, 15) is 58.2 Å². The fourth-order valence-electron chi connectivity index (χ4n) is 10.2. The topological polar surface area (TPSA) is 452 Å². The maximum atomic E-state index is 14.5. The van der Waals surface area contributed by atoms with Crippen molar-refractivity contribution >= 4 is 81.8 Å². The molecule has 0 aliphatic carbocycles. The number of carboxylic acids is 1. The minimum absolute atomic E-state index is 0.00178. The van der Waals surface area contributed by atoms with Gasteiger partial charge >= 0.3 is 5.97 Å². The van der Waals surface area contributed by atoms with E-state index in [2.05, 4.69) is 47.9 Å². The second-order valence-electron chi connectivity index (χ2n) is 21.7. The Morgan fingerprint density at radius 2 is 1.25 bits per heavy atom. The van der Waals surface area contributed by atoms with Crippen LogP contribution >= 0.6 is 0 Å². The van der Waals surface area contributed by atoms with Gasteiger partial charge in [0.2, 0.25) is 53.2 Å². The van der Waals surface area contributed by atoms with Crippen LogP contribution < -0.4 is 65.1 Å². The number of phenols is 1. The lowest BCUT2D eigenvalue weighted by molar-refractivity contribution is -0.149. The second kappa shape index (κ2) is 32.1. The Balaban J connectivity index is 1.29. The zero-order valence-electron chi connectivity index (χ0n) is 48.2. The number of hydrogen-bond acceptors (Lipinski definition) is 14. The number of nitrogens with zero attached hydrogens (tertiary/aromatic N) is 2. The van der Waals surface area contributed by atoms with Gasteiger partial charge in [0, 0.05) is 52.0 Å². The molecule has 2 aliphatic heterocycles. The molecule has 2 fully saturated rings. The molecule has 3 aromatic carbocycles. The third-order valence-electron chi connectivity index (χ3n) is 14.9. The minimum Gasteiger partial charge on any atom is -0.508 e. The summed E-state index contributed by atoms with van der Waals surface area (Å²) in [4.78, 5) is 139. The van der Waals surface area contributed by atoms with E-state index in [1.165, 1.54) is 41.0 Å². The molecule has 5 rings (SSSR count). The largest absolute Gasteiger partial charge is 0.508 e. The molecule has 2 aliphatic rings. The van der Waals surface area contributed by atoms with Gasteiger partial charge in [-0.15, -0.1) is 0 Å². The van der Waals surface area contributed by atoms with E-state index in [1.807, 2.05) is 42.5 Å². The van der Waals surface area contributed by atoms with Crippen molar-refractivity contribution in [1.29, 1.82) is 10.8 Å². The highest BCUT2D eigenvalue weighted by Gasteiger charge is 2.47. The molecule has 0 spiro atoms. The third-order valence-corrected chi connectivity index (χ3v) is 14.9. The van der Waals surface area contributed by atoms with Gasteiger partial charge in [-0.3, -0.25) is 54.0 Å². The Hall–Kier alpha value is -9.08. The number of carbonyl (C=O) groups excluding carboxylic acids is 9. The number of carboxylic acid groups (broad SMARTS) is 1. The van der Waals surface area contributed by atoms with Crippen LogP contribution in [0, 0.1) is 16.7 Å². The molecule has 0 saturated carbocycles. The fourth-order valence-corrected chi connectivity index (χ4v) is 10.2. The molecule has 28 nitrogen and oxygen atoms in total. The fraction of sp³-hybridized carbons (Fsp3) is 0.509. The monoisotopic (exact) mass is 1180 g/mol. The number of aliphatic carboxylic acids is 1. The number of guanidine groups is 2. The summed E-state index contributed by atoms with van der Waals surface area (Å²) in [5, 5.41) is 60.9. The molecule has 28 heteroatoms. The first-order chi connectivity index (χ1) is 40.4. The Bertz CT molecular complexity index is 2910. The molecule has 0 radical (unpaired) electrons. The molecular weight excluding hydrogens is 1100 g/mol. The van der Waals surface area contributed by atoms with Crippen molar-refractivity contribution in [3.63, 3.8) is 0 Å². The van der Waals surface area contributed by atoms with E-state index < -0.39 is 113 Å². The number of fused-ring (bicyclic) bond motifs is 1. The van der Waals surface area contributed by atoms with Gasteiger partial charge in [0.25, 0.3) is 0 Å². The van der Waals surface area contributed by atoms with E-state index in [4.69, 9.17) is 28.0 Å². The molecular formula is C57H82N16O12. The molecule has 9 amide bonds. The number of likely N-dealkylation sites (tertiary alicyclic amines) is 2. The first-order valence-electron chi connectivity index (χ1n) is 28.4. The van der Waals surface area contributed by atoms with Crippen molar-refractivity contribution in [2.24, 2.45) is 23.1 Å². The summed E-state index contributed by atoms with van der Waals surface area (Å²) in [6, 6.07) is 11.5. The molecule has 0 bridgehead atoms. The van der Waals surface area contributed by atoms with Crippen LogP contribution in [0.2, 0.25) is 0 Å². The van der Waals surface area contributed by atoms with Crippen LogP contribution in [-0.2, 0) is 60.8 Å². The summed E-state index contributed by atoms with van der Waals surface area (Å²) >= 11 is 0. The SMILES string of the molecule is CC(C)[C@@H](NC(=O)[C@H](CCCNC(=N)N)NC(=O)[C@@H](Cc1ccc(O)cc1)NC(=O)[C@]1(C)CCCN1C(=O)CNC(=O)CN)C(=O)NCCC(=O)N[C@@H](CCCNC(=N)N)C(=O)N[C@H](Cc1ccc2ccccc2c1)C(=O)N1CCC[C@H]1C(=O)O. The number of rotatable bonds is 31. The van der Waals surface area contributed by atoms with Crippen molar-refractivity contribution < 1.29 is 58.2 Å². The average Bonchev–Trinajstić information content (AvgIpc) is 3.54. The number of aromatic hydroxyl groups is 1. The number of phenolic OH excluding ortho intramolecular Hbond substituents is 1. The van der Waals surface area contributed by atoms with Crippen LogP contribution in [-0.4, -0.2) is 179 Å². The molecule has 2 heterocycles. The Kier molecular flexibility index (Phi) is 25.2. The lowest BCUT2D eigenvalue weighted by Gasteiger charge is -2.35. The Morgan fingerprint density at radius 1 is 0.659 bits per heavy atom. The van der Waals surface area contributed by atoms with Gasteiger partial charge in [0.1, 0.15) is 47.5 Å². The average molecular weight is 1180 g/mol. The zero-order valence-corrected chi connectivity index (χ0v) is 48.2. The highest BCUT2D eigenvalue weighted by atomic mass is 16.4. The summed E-state index contributed by atoms with van der Waals surface area (Å²) in [6.07, 6.45) is 1.18. The molecule has 0 aromatic heterocycles. The van der Waals surface area contributed by atoms with E-state index in [-0.39, 0.29) is 115 Å². The standard InChI is InChI=1S/C57H82N16O12/c1-33(2)47(71-49(79)40(13-7-24-65-56(61)62)68-50(80)41(29-34-16-19-38(74)20-17-34)70-54(85)57(3)22-9-27-73(57)46(77)32-66-45(76)31-58)51(81)63-25-21-44(75)67-39(12-6-23-64-55(59)60)48(78)69-42(52(82)72-26-8-14-43(72)53(83)84)30-35-15-18-36-10-4-5-11-37(36)28-35/h4-5,10-11,15-20,28,33,39-43,47,74H,6-9,12-14,21-27,29-32,58H2,1-3H3,(H,63,81)(H,66,76)(H,67,75)(H,68,80)(H,69,78)(H,70,85)(H,71,79)(H,83,84)(H4,59,60,64)(H4,61,62,65)/t39-,40-,41+,42+,43-,47+,57-/m0/s1. The predicted octanol–water partition coefficient (Wildman–Crippen LogP) is -2.02. The van der Waals surface area contributed by atoms with E-state index in [0.717, 1.165) is 10.8 Å². The van der Waals surface area contributed by atoms with Crippen molar-refractivity contribution in [3.05, 3.63) is 77.9 Å². The molecule has 85 heavy (non-hydrogen) atoms.